The molecule has 1 unspecified atom stereocenters. The van der Waals surface area contributed by atoms with Gasteiger partial charge in [0.25, 0.3) is 0 Å². The number of carbonyl (C=O) groups is 2. The first kappa shape index (κ1) is 15.4. The minimum atomic E-state index is -1.25. The van der Waals surface area contributed by atoms with Crippen LogP contribution in [0.15, 0.2) is 30.3 Å². The topological polar surface area (TPSA) is 105 Å². The number of hydrogen-bond acceptors (Lipinski definition) is 4. The highest BCUT2D eigenvalue weighted by Gasteiger charge is 2.25. The van der Waals surface area contributed by atoms with Crippen molar-refractivity contribution in [1.82, 2.24) is 15.0 Å². The summed E-state index contributed by atoms with van der Waals surface area (Å²) in [6.07, 6.45) is 3.48. The van der Waals surface area contributed by atoms with Crippen molar-refractivity contribution in [2.45, 2.75) is 19.4 Å². The Labute approximate surface area is 126 Å². The zero-order chi connectivity index (χ0) is 16.1. The van der Waals surface area contributed by atoms with Crippen molar-refractivity contribution >= 4 is 24.1 Å². The van der Waals surface area contributed by atoms with E-state index in [4.69, 9.17) is 0 Å². The summed E-state index contributed by atoms with van der Waals surface area (Å²) in [5.74, 6) is -2.34. The first-order valence-corrected chi connectivity index (χ1v) is 6.69. The fourth-order valence-electron chi connectivity index (χ4n) is 2.03. The second-order valence-electron chi connectivity index (χ2n) is 4.58. The monoisotopic (exact) mass is 301 g/mol. The van der Waals surface area contributed by atoms with Crippen molar-refractivity contribution < 1.29 is 19.8 Å². The van der Waals surface area contributed by atoms with Gasteiger partial charge in [-0.2, -0.15) is 0 Å². The van der Waals surface area contributed by atoms with Crippen LogP contribution < -0.4 is 0 Å². The van der Waals surface area contributed by atoms with Gasteiger partial charge in [-0.05, 0) is 18.1 Å². The van der Waals surface area contributed by atoms with Crippen LogP contribution in [0, 0.1) is 0 Å². The number of hydrogen-bond donors (Lipinski definition) is 2. The minimum Gasteiger partial charge on any atom is -0.480 e. The molecule has 2 aromatic rings. The maximum absolute atomic E-state index is 11.3. The van der Waals surface area contributed by atoms with Gasteiger partial charge < -0.3 is 10.2 Å². The molecule has 0 aliphatic rings. The first-order valence-electron chi connectivity index (χ1n) is 6.69. The van der Waals surface area contributed by atoms with Gasteiger partial charge in [0.05, 0.1) is 5.69 Å². The SMILES string of the molecule is CCC(C(=O)O)n1nnc(C(=O)O)c1/C=C/c1ccccc1. The Kier molecular flexibility index (Phi) is 4.67. The largest absolute Gasteiger partial charge is 0.480 e. The maximum Gasteiger partial charge on any atom is 0.358 e. The Hall–Kier alpha value is -2.96. The van der Waals surface area contributed by atoms with E-state index in [0.29, 0.717) is 0 Å². The van der Waals surface area contributed by atoms with Crippen LogP contribution in [0.1, 0.15) is 41.1 Å². The van der Waals surface area contributed by atoms with Gasteiger partial charge in [-0.15, -0.1) is 5.10 Å². The molecular formula is C15H15N3O4. The summed E-state index contributed by atoms with van der Waals surface area (Å²) in [5, 5.41) is 25.7. The Bertz CT molecular complexity index is 707. The quantitative estimate of drug-likeness (QED) is 0.847. The molecule has 0 amide bonds. The molecule has 0 aliphatic carbocycles. The Morgan fingerprint density at radius 2 is 1.91 bits per heavy atom. The van der Waals surface area contributed by atoms with Gasteiger partial charge >= 0.3 is 11.9 Å². The van der Waals surface area contributed by atoms with Gasteiger partial charge in [-0.3, -0.25) is 0 Å². The second kappa shape index (κ2) is 6.66. The zero-order valence-electron chi connectivity index (χ0n) is 11.9. The number of aliphatic carboxylic acids is 1. The molecule has 1 aromatic carbocycles. The van der Waals surface area contributed by atoms with E-state index in [0.717, 1.165) is 10.2 Å². The van der Waals surface area contributed by atoms with Crippen LogP contribution in [0.3, 0.4) is 0 Å². The first-order chi connectivity index (χ1) is 10.5. The molecule has 22 heavy (non-hydrogen) atoms. The molecule has 0 radical (unpaired) electrons. The number of nitrogens with zero attached hydrogens (tertiary/aromatic N) is 3. The molecule has 1 aromatic heterocycles. The zero-order valence-corrected chi connectivity index (χ0v) is 11.9. The molecule has 1 atom stereocenters. The molecule has 7 nitrogen and oxygen atoms in total. The summed E-state index contributed by atoms with van der Waals surface area (Å²) in [6.45, 7) is 1.69. The van der Waals surface area contributed by atoms with Gasteiger partial charge in [0, 0.05) is 0 Å². The van der Waals surface area contributed by atoms with Gasteiger partial charge in [0.1, 0.15) is 0 Å². The predicted octanol–water partition coefficient (Wildman–Crippen LogP) is 2.18. The van der Waals surface area contributed by atoms with Crippen molar-refractivity contribution in [1.29, 1.82) is 0 Å². The van der Waals surface area contributed by atoms with E-state index in [2.05, 4.69) is 10.3 Å². The van der Waals surface area contributed by atoms with Gasteiger partial charge in [-0.25, -0.2) is 14.3 Å². The van der Waals surface area contributed by atoms with Crippen molar-refractivity contribution in [3.63, 3.8) is 0 Å². The maximum atomic E-state index is 11.3. The highest BCUT2D eigenvalue weighted by atomic mass is 16.4. The van der Waals surface area contributed by atoms with E-state index in [1.807, 2.05) is 30.3 Å². The van der Waals surface area contributed by atoms with Crippen molar-refractivity contribution in [3.8, 4) is 0 Å². The molecular weight excluding hydrogens is 286 g/mol. The average molecular weight is 301 g/mol. The fourth-order valence-corrected chi connectivity index (χ4v) is 2.03. The highest BCUT2D eigenvalue weighted by molar-refractivity contribution is 5.90. The molecule has 0 saturated carbocycles. The van der Waals surface area contributed by atoms with Crippen LogP contribution in [-0.2, 0) is 4.79 Å². The Morgan fingerprint density at radius 3 is 2.45 bits per heavy atom. The molecule has 7 heteroatoms. The molecule has 1 heterocycles. The van der Waals surface area contributed by atoms with Crippen LogP contribution in [0.4, 0.5) is 0 Å². The smallest absolute Gasteiger partial charge is 0.358 e. The molecule has 0 saturated heterocycles. The highest BCUT2D eigenvalue weighted by Crippen LogP contribution is 2.18. The Balaban J connectivity index is 2.47. The van der Waals surface area contributed by atoms with E-state index >= 15 is 0 Å². The lowest BCUT2D eigenvalue weighted by molar-refractivity contribution is -0.141. The lowest BCUT2D eigenvalue weighted by Gasteiger charge is -2.11. The van der Waals surface area contributed by atoms with E-state index in [9.17, 15) is 19.8 Å². The van der Waals surface area contributed by atoms with Crippen molar-refractivity contribution in [3.05, 3.63) is 47.3 Å². The van der Waals surface area contributed by atoms with Gasteiger partial charge in [-0.1, -0.05) is 48.5 Å². The van der Waals surface area contributed by atoms with Crippen LogP contribution in [0.5, 0.6) is 0 Å². The molecule has 0 aliphatic heterocycles. The predicted molar refractivity (Wildman–Crippen MR) is 79.3 cm³/mol. The number of aromatic carboxylic acids is 1. The van der Waals surface area contributed by atoms with Crippen LogP contribution >= 0.6 is 0 Å². The minimum absolute atomic E-state index is 0.158. The third-order valence-electron chi connectivity index (χ3n) is 3.13. The van der Waals surface area contributed by atoms with Crippen LogP contribution in [0.25, 0.3) is 12.2 Å². The number of aromatic nitrogens is 3. The number of benzene rings is 1. The summed E-state index contributed by atoms with van der Waals surface area (Å²) >= 11 is 0. The van der Waals surface area contributed by atoms with Crippen LogP contribution in [-0.4, -0.2) is 37.1 Å². The van der Waals surface area contributed by atoms with E-state index in [-0.39, 0.29) is 17.8 Å². The summed E-state index contributed by atoms with van der Waals surface area (Å²) in [5.41, 5.74) is 0.743. The summed E-state index contributed by atoms with van der Waals surface area (Å²) in [7, 11) is 0. The summed E-state index contributed by atoms with van der Waals surface area (Å²) in [4.78, 5) is 22.5. The van der Waals surface area contributed by atoms with Gasteiger partial charge in [0.2, 0.25) is 0 Å². The lowest BCUT2D eigenvalue weighted by atomic mass is 10.1. The molecule has 2 rings (SSSR count). The third-order valence-corrected chi connectivity index (χ3v) is 3.13. The number of rotatable bonds is 6. The third kappa shape index (κ3) is 3.20. The van der Waals surface area contributed by atoms with E-state index in [1.54, 1.807) is 13.0 Å². The van der Waals surface area contributed by atoms with E-state index < -0.39 is 18.0 Å². The number of carboxylic acid groups (broad SMARTS) is 2. The second-order valence-corrected chi connectivity index (χ2v) is 4.58. The molecule has 0 spiro atoms. The molecule has 2 N–H and O–H groups in total. The summed E-state index contributed by atoms with van der Waals surface area (Å²) < 4.78 is 1.13. The van der Waals surface area contributed by atoms with Gasteiger partial charge in [0.15, 0.2) is 11.7 Å². The van der Waals surface area contributed by atoms with Crippen molar-refractivity contribution in [2.24, 2.45) is 0 Å². The summed E-state index contributed by atoms with van der Waals surface area (Å²) in [6, 6.07) is 8.29. The fraction of sp³-hybridized carbons (Fsp3) is 0.200. The average Bonchev–Trinajstić information content (AvgIpc) is 2.90. The number of carboxylic acids is 2. The Morgan fingerprint density at radius 1 is 1.23 bits per heavy atom. The standard InChI is InChI=1S/C15H15N3O4/c1-2-11(14(19)20)18-12(13(15(21)22)16-17-18)9-8-10-6-4-3-5-7-10/h3-9,11H,2H2,1H3,(H,19,20)(H,21,22)/b9-8+. The van der Waals surface area contributed by atoms with E-state index in [1.165, 1.54) is 6.08 Å². The molecule has 0 fully saturated rings. The molecule has 0 bridgehead atoms. The van der Waals surface area contributed by atoms with Crippen LogP contribution in [0.2, 0.25) is 0 Å². The lowest BCUT2D eigenvalue weighted by Crippen LogP contribution is -2.21. The normalized spacial score (nSPS) is 12.4. The molecule has 114 valence electrons. The van der Waals surface area contributed by atoms with Crippen molar-refractivity contribution in [2.75, 3.05) is 0 Å².